The molecule has 4 heterocycles. The van der Waals surface area contributed by atoms with E-state index in [1.54, 1.807) is 6.92 Å². The Kier molecular flexibility index (Phi) is 18.0. The first-order chi connectivity index (χ1) is 23.1. The van der Waals surface area contributed by atoms with Gasteiger partial charge in [-0.1, -0.05) is 14.0 Å². The molecule has 1 aliphatic rings. The molecule has 3 aromatic rings. The molecule has 0 atom stereocenters. The number of amides is 1. The highest BCUT2D eigenvalue weighted by atomic mass is 16.5. The SMILES string of the molecule is C.C=C1N(C(C)C)C(C)=NC1(C)C.CC(=O)N(C(C)C)C(C)(C)C.Cc1cc(C)c2nc(C)n(C(C)C)c2n1.Cc1cc(OC(C)C)c(C)c(C)n1. The second-order valence-corrected chi connectivity index (χ2v) is 16.3. The average Bonchev–Trinajstić information content (AvgIpc) is 3.37. The molecule has 0 radical (unpaired) electrons. The zero-order chi connectivity index (χ0) is 39.9. The summed E-state index contributed by atoms with van der Waals surface area (Å²) < 4.78 is 7.86. The van der Waals surface area contributed by atoms with Crippen LogP contribution in [0.1, 0.15) is 151 Å². The molecule has 0 unspecified atom stereocenters. The lowest BCUT2D eigenvalue weighted by Gasteiger charge is -2.38. The molecule has 0 fully saturated rings. The van der Waals surface area contributed by atoms with Crippen molar-refractivity contribution < 1.29 is 9.53 Å². The van der Waals surface area contributed by atoms with E-state index in [0.717, 1.165) is 56.9 Å². The minimum atomic E-state index is -0.103. The van der Waals surface area contributed by atoms with Crippen LogP contribution in [0.4, 0.5) is 0 Å². The van der Waals surface area contributed by atoms with Crippen LogP contribution in [-0.4, -0.2) is 70.3 Å². The van der Waals surface area contributed by atoms with Crippen molar-refractivity contribution in [2.75, 3.05) is 0 Å². The van der Waals surface area contributed by atoms with Crippen LogP contribution >= 0.6 is 0 Å². The molecular weight excluding hydrogens is 647 g/mol. The largest absolute Gasteiger partial charge is 0.491 e. The third-order valence-electron chi connectivity index (χ3n) is 8.50. The minimum absolute atomic E-state index is 0. The van der Waals surface area contributed by atoms with Gasteiger partial charge in [-0.25, -0.2) is 9.97 Å². The maximum atomic E-state index is 11.2. The maximum Gasteiger partial charge on any atom is 0.220 e. The van der Waals surface area contributed by atoms with E-state index in [1.165, 1.54) is 5.56 Å². The third-order valence-corrected chi connectivity index (χ3v) is 8.50. The van der Waals surface area contributed by atoms with Gasteiger partial charge in [-0.3, -0.25) is 14.8 Å². The quantitative estimate of drug-likeness (QED) is 0.261. The van der Waals surface area contributed by atoms with Gasteiger partial charge in [-0.2, -0.15) is 0 Å². The smallest absolute Gasteiger partial charge is 0.220 e. The summed E-state index contributed by atoms with van der Waals surface area (Å²) in [4.78, 5) is 33.3. The Hall–Kier alpha value is -3.75. The Bertz CT molecular complexity index is 1670. The van der Waals surface area contributed by atoms with Crippen LogP contribution in [0.5, 0.6) is 5.75 Å². The Labute approximate surface area is 318 Å². The van der Waals surface area contributed by atoms with Gasteiger partial charge >= 0.3 is 0 Å². The fraction of sp³-hybridized carbons (Fsp3) is 0.651. The molecule has 294 valence electrons. The average molecular weight is 722 g/mol. The Morgan fingerprint density at radius 3 is 1.71 bits per heavy atom. The zero-order valence-electron chi connectivity index (χ0n) is 36.1. The number of rotatable bonds is 5. The normalized spacial score (nSPS) is 13.6. The number of hydrogen-bond acceptors (Lipinski definition) is 7. The van der Waals surface area contributed by atoms with Crippen molar-refractivity contribution in [3.63, 3.8) is 0 Å². The minimum Gasteiger partial charge on any atom is -0.491 e. The van der Waals surface area contributed by atoms with E-state index >= 15 is 0 Å². The lowest BCUT2D eigenvalue weighted by atomic mass is 10.0. The van der Waals surface area contributed by atoms with E-state index in [2.05, 4.69) is 111 Å². The molecule has 3 aromatic heterocycles. The summed E-state index contributed by atoms with van der Waals surface area (Å²) in [7, 11) is 0. The lowest BCUT2D eigenvalue weighted by molar-refractivity contribution is -0.135. The summed E-state index contributed by atoms with van der Waals surface area (Å²) in [6.45, 7) is 47.0. The number of aryl methyl sites for hydroxylation is 5. The molecule has 9 heteroatoms. The van der Waals surface area contributed by atoms with Gasteiger partial charge in [-0.15, -0.1) is 0 Å². The number of aliphatic imine (C=N–C) groups is 1. The maximum absolute atomic E-state index is 11.2. The number of imidazole rings is 1. The topological polar surface area (TPSA) is 88.7 Å². The van der Waals surface area contributed by atoms with E-state index in [9.17, 15) is 4.79 Å². The van der Waals surface area contributed by atoms with Crippen molar-refractivity contribution in [1.82, 2.24) is 29.3 Å². The number of fused-ring (bicyclic) bond motifs is 1. The molecule has 0 aliphatic carbocycles. The number of pyridine rings is 2. The van der Waals surface area contributed by atoms with Crippen molar-refractivity contribution in [2.45, 2.75) is 188 Å². The second-order valence-electron chi connectivity index (χ2n) is 16.3. The van der Waals surface area contributed by atoms with Crippen molar-refractivity contribution in [3.05, 3.63) is 58.4 Å². The molecule has 0 saturated heterocycles. The van der Waals surface area contributed by atoms with Gasteiger partial charge in [0.1, 0.15) is 22.9 Å². The molecule has 52 heavy (non-hydrogen) atoms. The Morgan fingerprint density at radius 2 is 1.37 bits per heavy atom. The van der Waals surface area contributed by atoms with Crippen LogP contribution < -0.4 is 4.74 Å². The summed E-state index contributed by atoms with van der Waals surface area (Å²) in [5.41, 5.74) is 8.46. The number of amidine groups is 1. The van der Waals surface area contributed by atoms with Gasteiger partial charge in [0.05, 0.1) is 11.6 Å². The van der Waals surface area contributed by atoms with Crippen molar-refractivity contribution in [3.8, 4) is 5.75 Å². The Morgan fingerprint density at radius 1 is 0.846 bits per heavy atom. The molecule has 0 aromatic carbocycles. The predicted molar refractivity (Wildman–Crippen MR) is 224 cm³/mol. The van der Waals surface area contributed by atoms with Crippen molar-refractivity contribution >= 4 is 22.9 Å². The zero-order valence-corrected chi connectivity index (χ0v) is 36.1. The number of nitrogens with zero attached hydrogens (tertiary/aromatic N) is 7. The van der Waals surface area contributed by atoms with Gasteiger partial charge in [0.25, 0.3) is 0 Å². The molecule has 0 saturated carbocycles. The monoisotopic (exact) mass is 722 g/mol. The molecule has 0 N–H and O–H groups in total. The van der Waals surface area contributed by atoms with Gasteiger partial charge in [-0.05, 0) is 150 Å². The standard InChI is InChI=1S/C12H17N3.C11H17NO.C10H18N2.C9H19NO.CH4/c1-7(2)15-10(5)14-11-8(3)6-9(4)13-12(11)15;1-7(2)13-11-6-8(3)12-10(5)9(11)4;1-7(2)12-8(3)10(5,6)11-9(12)4;1-7(2)10(8(3)11)9(4,5)6;/h6-7H,1-5H3;6-7H,1-5H3;7H,3H2,1-2,4-6H3;7H,1-6H3;1H4. The van der Waals surface area contributed by atoms with Crippen molar-refractivity contribution in [2.24, 2.45) is 4.99 Å². The van der Waals surface area contributed by atoms with Crippen LogP contribution in [0.15, 0.2) is 29.4 Å². The number of aromatic nitrogens is 4. The predicted octanol–water partition coefficient (Wildman–Crippen LogP) is 10.8. The van der Waals surface area contributed by atoms with Gasteiger partial charge in [0.15, 0.2) is 5.65 Å². The highest BCUT2D eigenvalue weighted by Crippen LogP contribution is 2.31. The van der Waals surface area contributed by atoms with Crippen LogP contribution in [0.25, 0.3) is 11.2 Å². The van der Waals surface area contributed by atoms with Gasteiger partial charge in [0.2, 0.25) is 5.91 Å². The van der Waals surface area contributed by atoms with Crippen molar-refractivity contribution in [1.29, 1.82) is 0 Å². The summed E-state index contributed by atoms with van der Waals surface area (Å²) in [6, 6.07) is 5.22. The molecule has 1 aliphatic heterocycles. The molecule has 0 spiro atoms. The highest BCUT2D eigenvalue weighted by molar-refractivity contribution is 5.85. The molecule has 9 nitrogen and oxygen atoms in total. The number of hydrogen-bond donors (Lipinski definition) is 0. The summed E-state index contributed by atoms with van der Waals surface area (Å²) in [5, 5.41) is 0. The molecular formula is C43H75N7O2. The highest BCUT2D eigenvalue weighted by Gasteiger charge is 2.34. The van der Waals surface area contributed by atoms with E-state index in [-0.39, 0.29) is 36.6 Å². The summed E-state index contributed by atoms with van der Waals surface area (Å²) in [5.74, 6) is 3.23. The third kappa shape index (κ3) is 13.0. The summed E-state index contributed by atoms with van der Waals surface area (Å²) >= 11 is 0. The number of ether oxygens (including phenoxy) is 1. The first-order valence-corrected chi connectivity index (χ1v) is 18.4. The van der Waals surface area contributed by atoms with E-state index in [4.69, 9.17) is 4.74 Å². The van der Waals surface area contributed by atoms with Crippen LogP contribution in [-0.2, 0) is 4.79 Å². The molecule has 0 bridgehead atoms. The van der Waals surface area contributed by atoms with Crippen LogP contribution in [0, 0.1) is 41.5 Å². The van der Waals surface area contributed by atoms with E-state index in [1.807, 2.05) is 80.2 Å². The number of carbonyl (C=O) groups excluding carboxylic acids is 1. The van der Waals surface area contributed by atoms with Gasteiger partial charge < -0.3 is 19.1 Å². The fourth-order valence-corrected chi connectivity index (χ4v) is 6.65. The number of carbonyl (C=O) groups is 1. The van der Waals surface area contributed by atoms with Gasteiger partial charge in [0, 0.05) is 65.0 Å². The first kappa shape index (κ1) is 48.2. The molecule has 1 amide bonds. The molecule has 4 rings (SSSR count). The lowest BCUT2D eigenvalue weighted by Crippen LogP contribution is -2.48. The Balaban J connectivity index is 0.000000668. The first-order valence-electron chi connectivity index (χ1n) is 18.4. The second kappa shape index (κ2) is 19.4. The summed E-state index contributed by atoms with van der Waals surface area (Å²) in [6.07, 6.45) is 0.222. The van der Waals surface area contributed by atoms with E-state index < -0.39 is 0 Å². The van der Waals surface area contributed by atoms with E-state index in [0.29, 0.717) is 12.1 Å². The fourth-order valence-electron chi connectivity index (χ4n) is 6.65. The van der Waals surface area contributed by atoms with Crippen LogP contribution in [0.3, 0.4) is 0 Å². The van der Waals surface area contributed by atoms with Crippen LogP contribution in [0.2, 0.25) is 0 Å².